The Morgan fingerprint density at radius 3 is 2.71 bits per heavy atom. The van der Waals surface area contributed by atoms with E-state index < -0.39 is 17.7 Å². The molecule has 2 heterocycles. The van der Waals surface area contributed by atoms with E-state index in [1.165, 1.54) is 0 Å². The molecule has 2 saturated heterocycles. The highest BCUT2D eigenvalue weighted by Gasteiger charge is 2.47. The van der Waals surface area contributed by atoms with E-state index in [0.717, 1.165) is 24.0 Å². The van der Waals surface area contributed by atoms with Gasteiger partial charge < -0.3 is 19.5 Å². The molecule has 2 fully saturated rings. The fraction of sp³-hybridized carbons (Fsp3) is 0.360. The fourth-order valence-electron chi connectivity index (χ4n) is 4.35. The van der Waals surface area contributed by atoms with Crippen molar-refractivity contribution >= 4 is 17.4 Å². The smallest absolute Gasteiger partial charge is 0.295 e. The summed E-state index contributed by atoms with van der Waals surface area (Å²) in [5.74, 6) is -0.882. The number of likely N-dealkylation sites (tertiary alicyclic amines) is 1. The van der Waals surface area contributed by atoms with E-state index in [2.05, 4.69) is 0 Å². The Hall–Kier alpha value is -3.12. The minimum absolute atomic E-state index is 0.103. The Kier molecular flexibility index (Phi) is 6.09. The number of carbonyl (C=O) groups excluding carboxylic acids is 2. The van der Waals surface area contributed by atoms with Crippen molar-refractivity contribution in [2.45, 2.75) is 38.8 Å². The lowest BCUT2D eigenvalue weighted by Gasteiger charge is -2.28. The lowest BCUT2D eigenvalue weighted by Crippen LogP contribution is -2.36. The predicted molar refractivity (Wildman–Crippen MR) is 117 cm³/mol. The van der Waals surface area contributed by atoms with E-state index in [4.69, 9.17) is 9.47 Å². The SMILES string of the molecule is CCOc1cccc(/C(O)=C2\C(=O)C(=O)N(CC3CCCO3)C2c2ccccc2C)c1. The van der Waals surface area contributed by atoms with E-state index >= 15 is 0 Å². The minimum atomic E-state index is -0.675. The van der Waals surface area contributed by atoms with E-state index in [1.807, 2.05) is 38.1 Å². The highest BCUT2D eigenvalue weighted by molar-refractivity contribution is 6.46. The molecule has 1 amide bonds. The molecule has 4 rings (SSSR count). The molecular formula is C25H27NO5. The van der Waals surface area contributed by atoms with Gasteiger partial charge in [-0.15, -0.1) is 0 Å². The van der Waals surface area contributed by atoms with Crippen LogP contribution in [0, 0.1) is 6.92 Å². The molecule has 6 heteroatoms. The summed E-state index contributed by atoms with van der Waals surface area (Å²) in [5, 5.41) is 11.2. The van der Waals surface area contributed by atoms with Crippen molar-refractivity contribution in [3.63, 3.8) is 0 Å². The van der Waals surface area contributed by atoms with Crippen molar-refractivity contribution in [1.29, 1.82) is 0 Å². The van der Waals surface area contributed by atoms with Gasteiger partial charge in [0.2, 0.25) is 0 Å². The van der Waals surface area contributed by atoms with E-state index in [0.29, 0.717) is 31.1 Å². The lowest BCUT2D eigenvalue weighted by atomic mass is 9.92. The van der Waals surface area contributed by atoms with Gasteiger partial charge in [-0.3, -0.25) is 9.59 Å². The first-order chi connectivity index (χ1) is 15.0. The lowest BCUT2D eigenvalue weighted by molar-refractivity contribution is -0.140. The second-order valence-corrected chi connectivity index (χ2v) is 7.90. The predicted octanol–water partition coefficient (Wildman–Crippen LogP) is 3.99. The molecule has 0 aliphatic carbocycles. The molecule has 31 heavy (non-hydrogen) atoms. The summed E-state index contributed by atoms with van der Waals surface area (Å²) in [6, 6.07) is 13.9. The number of aryl methyl sites for hydroxylation is 1. The van der Waals surface area contributed by atoms with Crippen LogP contribution in [0.2, 0.25) is 0 Å². The number of Topliss-reactive ketones (excluding diaryl/α,β-unsaturated/α-hetero) is 1. The zero-order chi connectivity index (χ0) is 22.0. The Labute approximate surface area is 182 Å². The fourth-order valence-corrected chi connectivity index (χ4v) is 4.35. The highest BCUT2D eigenvalue weighted by atomic mass is 16.5. The van der Waals surface area contributed by atoms with Crippen LogP contribution in [-0.4, -0.2) is 47.6 Å². The minimum Gasteiger partial charge on any atom is -0.507 e. The van der Waals surface area contributed by atoms with Gasteiger partial charge in [0, 0.05) is 18.7 Å². The third-order valence-corrected chi connectivity index (χ3v) is 5.87. The number of carbonyl (C=O) groups is 2. The average Bonchev–Trinajstić information content (AvgIpc) is 3.37. The first kappa shape index (κ1) is 21.1. The van der Waals surface area contributed by atoms with Crippen LogP contribution in [0.3, 0.4) is 0 Å². The molecule has 2 aliphatic heterocycles. The Morgan fingerprint density at radius 1 is 1.19 bits per heavy atom. The van der Waals surface area contributed by atoms with Crippen LogP contribution < -0.4 is 4.74 Å². The van der Waals surface area contributed by atoms with Crippen LogP contribution in [0.1, 0.15) is 42.5 Å². The topological polar surface area (TPSA) is 76.1 Å². The van der Waals surface area contributed by atoms with Crippen molar-refractivity contribution in [3.05, 3.63) is 70.8 Å². The first-order valence-electron chi connectivity index (χ1n) is 10.7. The second-order valence-electron chi connectivity index (χ2n) is 7.90. The summed E-state index contributed by atoms with van der Waals surface area (Å²) >= 11 is 0. The van der Waals surface area contributed by atoms with Gasteiger partial charge in [-0.1, -0.05) is 36.4 Å². The maximum atomic E-state index is 13.1. The summed E-state index contributed by atoms with van der Waals surface area (Å²) < 4.78 is 11.3. The maximum absolute atomic E-state index is 13.1. The van der Waals surface area contributed by atoms with Gasteiger partial charge in [-0.2, -0.15) is 0 Å². The van der Waals surface area contributed by atoms with Gasteiger partial charge in [0.25, 0.3) is 11.7 Å². The van der Waals surface area contributed by atoms with Crippen molar-refractivity contribution < 1.29 is 24.2 Å². The van der Waals surface area contributed by atoms with E-state index in [1.54, 1.807) is 29.2 Å². The third-order valence-electron chi connectivity index (χ3n) is 5.87. The van der Waals surface area contributed by atoms with Gasteiger partial charge in [0.15, 0.2) is 0 Å². The molecule has 0 aromatic heterocycles. The zero-order valence-corrected chi connectivity index (χ0v) is 17.8. The van der Waals surface area contributed by atoms with Crippen LogP contribution in [0.15, 0.2) is 54.1 Å². The van der Waals surface area contributed by atoms with Crippen LogP contribution in [0.25, 0.3) is 5.76 Å². The van der Waals surface area contributed by atoms with Gasteiger partial charge in [0.1, 0.15) is 11.5 Å². The van der Waals surface area contributed by atoms with E-state index in [9.17, 15) is 14.7 Å². The Bertz CT molecular complexity index is 1020. The summed E-state index contributed by atoms with van der Waals surface area (Å²) in [5.41, 5.74) is 2.31. The molecule has 0 radical (unpaired) electrons. The molecule has 0 saturated carbocycles. The molecule has 2 atom stereocenters. The maximum Gasteiger partial charge on any atom is 0.295 e. The number of amides is 1. The molecule has 2 unspecified atom stereocenters. The van der Waals surface area contributed by atoms with Crippen LogP contribution in [0.5, 0.6) is 5.75 Å². The summed E-state index contributed by atoms with van der Waals surface area (Å²) in [6.07, 6.45) is 1.68. The Morgan fingerprint density at radius 2 is 2.00 bits per heavy atom. The molecule has 162 valence electrons. The van der Waals surface area contributed by atoms with Crippen LogP contribution in [-0.2, 0) is 14.3 Å². The molecule has 2 aliphatic rings. The number of rotatable bonds is 6. The summed E-state index contributed by atoms with van der Waals surface area (Å²) in [6.45, 7) is 5.28. The largest absolute Gasteiger partial charge is 0.507 e. The standard InChI is InChI=1S/C25H27NO5/c1-3-30-18-10-6-9-17(14-18)23(27)21-22(20-12-5-4-8-16(20)2)26(25(29)24(21)28)15-19-11-7-13-31-19/h4-6,8-10,12,14,19,22,27H,3,7,11,13,15H2,1-2H3/b23-21+. The summed E-state index contributed by atoms with van der Waals surface area (Å²) in [7, 11) is 0. The van der Waals surface area contributed by atoms with Gasteiger partial charge in [-0.25, -0.2) is 0 Å². The number of benzene rings is 2. The number of nitrogens with zero attached hydrogens (tertiary/aromatic N) is 1. The number of ketones is 1. The monoisotopic (exact) mass is 421 g/mol. The number of aliphatic hydroxyl groups is 1. The van der Waals surface area contributed by atoms with Gasteiger partial charge in [-0.05, 0) is 49.9 Å². The Balaban J connectivity index is 1.83. The average molecular weight is 421 g/mol. The second kappa shape index (κ2) is 8.94. The first-order valence-corrected chi connectivity index (χ1v) is 10.7. The third kappa shape index (κ3) is 4.08. The highest BCUT2D eigenvalue weighted by Crippen LogP contribution is 2.41. The van der Waals surface area contributed by atoms with Crippen LogP contribution >= 0.6 is 0 Å². The van der Waals surface area contributed by atoms with Gasteiger partial charge >= 0.3 is 0 Å². The summed E-state index contributed by atoms with van der Waals surface area (Å²) in [4.78, 5) is 27.7. The van der Waals surface area contributed by atoms with Crippen molar-refractivity contribution in [1.82, 2.24) is 4.90 Å². The zero-order valence-electron chi connectivity index (χ0n) is 17.8. The quantitative estimate of drug-likeness (QED) is 0.434. The molecule has 1 N–H and O–H groups in total. The number of hydrogen-bond acceptors (Lipinski definition) is 5. The van der Waals surface area contributed by atoms with E-state index in [-0.39, 0.29) is 17.4 Å². The number of ether oxygens (including phenoxy) is 2. The number of aliphatic hydroxyl groups excluding tert-OH is 1. The number of hydrogen-bond donors (Lipinski definition) is 1. The van der Waals surface area contributed by atoms with Crippen molar-refractivity contribution in [2.24, 2.45) is 0 Å². The molecule has 2 aromatic carbocycles. The molecule has 2 aromatic rings. The van der Waals surface area contributed by atoms with Gasteiger partial charge in [0.05, 0.1) is 24.3 Å². The molecular weight excluding hydrogens is 394 g/mol. The van der Waals surface area contributed by atoms with Crippen molar-refractivity contribution in [2.75, 3.05) is 19.8 Å². The molecule has 0 bridgehead atoms. The molecule has 6 nitrogen and oxygen atoms in total. The van der Waals surface area contributed by atoms with Crippen LogP contribution in [0.4, 0.5) is 0 Å². The molecule has 0 spiro atoms. The van der Waals surface area contributed by atoms with Crippen molar-refractivity contribution in [3.8, 4) is 5.75 Å². The normalized spacial score (nSPS) is 22.8.